The third-order valence-electron chi connectivity index (χ3n) is 4.23. The summed E-state index contributed by atoms with van der Waals surface area (Å²) in [5, 5.41) is 8.85. The molecule has 0 aliphatic carbocycles. The first-order valence-corrected chi connectivity index (χ1v) is 10.3. The Morgan fingerprint density at radius 3 is 2.38 bits per heavy atom. The SMILES string of the molecule is CCO[C](=[W])c1nnn(Cc2ccc(C(C)C)cc2)c1-c1ccccc1. The average molecular weight is 517 g/mol. The molecule has 3 aromatic rings. The molecule has 26 heavy (non-hydrogen) atoms. The number of ether oxygens (including phenoxy) is 1. The van der Waals surface area contributed by atoms with Crippen LogP contribution in [-0.2, 0) is 30.6 Å². The first kappa shape index (κ1) is 18.9. The average Bonchev–Trinajstić information content (AvgIpc) is 3.07. The Bertz CT molecular complexity index is 870. The minimum atomic E-state index is 0.535. The standard InChI is InChI=1S/C21H23N3O.W/c1-4-25-15-20-21(19-8-6-5-7-9-19)24(23-22-20)14-17-10-12-18(13-11-17)16(2)3;/h5-13,16H,4,14H2,1-3H3;. The molecule has 3 rings (SSSR count). The molecule has 0 unspecified atom stereocenters. The van der Waals surface area contributed by atoms with Crippen molar-refractivity contribution in [3.8, 4) is 11.3 Å². The van der Waals surface area contributed by atoms with E-state index in [1.807, 2.05) is 29.8 Å². The fraction of sp³-hybridized carbons (Fsp3) is 0.286. The van der Waals surface area contributed by atoms with Gasteiger partial charge in [0, 0.05) is 0 Å². The molecule has 0 spiro atoms. The van der Waals surface area contributed by atoms with E-state index in [9.17, 15) is 0 Å². The Hall–Kier alpha value is -1.90. The van der Waals surface area contributed by atoms with Crippen molar-refractivity contribution in [3.05, 3.63) is 71.4 Å². The second-order valence-corrected chi connectivity index (χ2v) is 7.76. The van der Waals surface area contributed by atoms with Crippen molar-refractivity contribution in [2.45, 2.75) is 33.2 Å². The van der Waals surface area contributed by atoms with E-state index in [2.05, 4.69) is 60.6 Å². The Morgan fingerprint density at radius 2 is 1.77 bits per heavy atom. The summed E-state index contributed by atoms with van der Waals surface area (Å²) in [6, 6.07) is 19.0. The fourth-order valence-electron chi connectivity index (χ4n) is 2.82. The van der Waals surface area contributed by atoms with Gasteiger partial charge in [-0.2, -0.15) is 0 Å². The zero-order valence-electron chi connectivity index (χ0n) is 15.3. The Balaban J connectivity index is 1.97. The predicted molar refractivity (Wildman–Crippen MR) is 101 cm³/mol. The summed E-state index contributed by atoms with van der Waals surface area (Å²) in [5.41, 5.74) is 5.51. The van der Waals surface area contributed by atoms with Crippen LogP contribution in [0.3, 0.4) is 0 Å². The summed E-state index contributed by atoms with van der Waals surface area (Å²) in [6.07, 6.45) is 0. The van der Waals surface area contributed by atoms with Crippen LogP contribution in [0.5, 0.6) is 0 Å². The maximum absolute atomic E-state index is 5.73. The van der Waals surface area contributed by atoms with E-state index >= 15 is 0 Å². The van der Waals surface area contributed by atoms with Crippen molar-refractivity contribution in [2.75, 3.05) is 6.61 Å². The molecule has 0 fully saturated rings. The van der Waals surface area contributed by atoms with Crippen molar-refractivity contribution in [2.24, 2.45) is 0 Å². The first-order valence-electron chi connectivity index (χ1n) is 8.85. The van der Waals surface area contributed by atoms with Crippen LogP contribution < -0.4 is 0 Å². The summed E-state index contributed by atoms with van der Waals surface area (Å²) in [7, 11) is 0. The van der Waals surface area contributed by atoms with Gasteiger partial charge in [0.25, 0.3) is 0 Å². The van der Waals surface area contributed by atoms with Crippen molar-refractivity contribution < 1.29 is 24.1 Å². The fourth-order valence-corrected chi connectivity index (χ4v) is 3.74. The Morgan fingerprint density at radius 1 is 1.08 bits per heavy atom. The van der Waals surface area contributed by atoms with Crippen LogP contribution in [0.15, 0.2) is 54.6 Å². The molecular weight excluding hydrogens is 494 g/mol. The number of nitrogens with zero attached hydrogens (tertiary/aromatic N) is 3. The summed E-state index contributed by atoms with van der Waals surface area (Å²) in [5.74, 6) is 0.535. The molecule has 0 bridgehead atoms. The molecule has 4 nitrogen and oxygen atoms in total. The van der Waals surface area contributed by atoms with Crippen molar-refractivity contribution in [1.82, 2.24) is 15.0 Å². The number of hydrogen-bond acceptors (Lipinski definition) is 3. The van der Waals surface area contributed by atoms with Crippen LogP contribution in [0.4, 0.5) is 0 Å². The van der Waals surface area contributed by atoms with Crippen LogP contribution in [0.2, 0.25) is 0 Å². The number of rotatable bonds is 7. The van der Waals surface area contributed by atoms with E-state index in [1.54, 1.807) is 0 Å². The molecule has 0 saturated carbocycles. The van der Waals surface area contributed by atoms with Gasteiger partial charge in [-0.25, -0.2) is 0 Å². The van der Waals surface area contributed by atoms with E-state index < -0.39 is 0 Å². The van der Waals surface area contributed by atoms with Crippen LogP contribution in [-0.4, -0.2) is 25.7 Å². The monoisotopic (exact) mass is 517 g/mol. The normalized spacial score (nSPS) is 11.1. The number of benzene rings is 2. The molecule has 1 heterocycles. The van der Waals surface area contributed by atoms with E-state index in [-0.39, 0.29) is 0 Å². The third kappa shape index (κ3) is 4.25. The van der Waals surface area contributed by atoms with Gasteiger partial charge in [0.1, 0.15) is 0 Å². The van der Waals surface area contributed by atoms with Crippen LogP contribution in [0.25, 0.3) is 11.3 Å². The third-order valence-corrected chi connectivity index (χ3v) is 5.35. The van der Waals surface area contributed by atoms with Gasteiger partial charge in [0.05, 0.1) is 0 Å². The topological polar surface area (TPSA) is 39.9 Å². The van der Waals surface area contributed by atoms with E-state index in [1.165, 1.54) is 30.5 Å². The number of aromatic nitrogens is 3. The molecule has 2 aromatic carbocycles. The molecule has 0 aliphatic heterocycles. The van der Waals surface area contributed by atoms with E-state index in [4.69, 9.17) is 4.74 Å². The molecular formula is C21H23N3OW. The molecule has 5 heteroatoms. The maximum atomic E-state index is 5.73. The van der Waals surface area contributed by atoms with Gasteiger partial charge in [-0.05, 0) is 0 Å². The molecule has 0 aliphatic rings. The van der Waals surface area contributed by atoms with Crippen LogP contribution in [0, 0.1) is 0 Å². The summed E-state index contributed by atoms with van der Waals surface area (Å²) in [6.45, 7) is 7.73. The van der Waals surface area contributed by atoms with Crippen molar-refractivity contribution in [1.29, 1.82) is 0 Å². The zero-order chi connectivity index (χ0) is 18.5. The minimum absolute atomic E-state index is 0.535. The summed E-state index contributed by atoms with van der Waals surface area (Å²) >= 11 is 1.26. The quantitative estimate of drug-likeness (QED) is 0.473. The molecule has 0 radical (unpaired) electrons. The van der Waals surface area contributed by atoms with Gasteiger partial charge in [-0.15, -0.1) is 0 Å². The molecule has 0 saturated heterocycles. The first-order chi connectivity index (χ1) is 12.6. The second kappa shape index (κ2) is 8.66. The molecule has 0 N–H and O–H groups in total. The van der Waals surface area contributed by atoms with E-state index in [0.717, 1.165) is 21.0 Å². The van der Waals surface area contributed by atoms with Crippen LogP contribution >= 0.6 is 0 Å². The van der Waals surface area contributed by atoms with Gasteiger partial charge in [0.2, 0.25) is 0 Å². The van der Waals surface area contributed by atoms with Crippen LogP contribution in [0.1, 0.15) is 43.5 Å². The molecule has 0 atom stereocenters. The van der Waals surface area contributed by atoms with Gasteiger partial charge in [-0.1, -0.05) is 0 Å². The number of hydrogen-bond donors (Lipinski definition) is 0. The Kier molecular flexibility index (Phi) is 6.28. The summed E-state index contributed by atoms with van der Waals surface area (Å²) in [4.78, 5) is 0. The molecule has 0 amide bonds. The zero-order valence-corrected chi connectivity index (χ0v) is 18.3. The predicted octanol–water partition coefficient (Wildman–Crippen LogP) is 4.18. The van der Waals surface area contributed by atoms with E-state index in [0.29, 0.717) is 19.1 Å². The van der Waals surface area contributed by atoms with Gasteiger partial charge < -0.3 is 0 Å². The Labute approximate surface area is 165 Å². The van der Waals surface area contributed by atoms with Crippen molar-refractivity contribution >= 4 is 4.08 Å². The van der Waals surface area contributed by atoms with Gasteiger partial charge in [-0.3, -0.25) is 0 Å². The molecule has 134 valence electrons. The molecule has 1 aromatic heterocycles. The second-order valence-electron chi connectivity index (χ2n) is 6.43. The summed E-state index contributed by atoms with van der Waals surface area (Å²) < 4.78 is 8.58. The van der Waals surface area contributed by atoms with Gasteiger partial charge in [0.15, 0.2) is 0 Å². The van der Waals surface area contributed by atoms with Gasteiger partial charge >= 0.3 is 166 Å². The van der Waals surface area contributed by atoms with Crippen molar-refractivity contribution in [3.63, 3.8) is 0 Å².